The van der Waals surface area contributed by atoms with E-state index in [1.165, 1.54) is 12.1 Å². The lowest BCUT2D eigenvalue weighted by Gasteiger charge is -2.21. The molecule has 0 aliphatic carbocycles. The number of imidazole rings is 1. The average Bonchev–Trinajstić information content (AvgIpc) is 3.06. The quantitative estimate of drug-likeness (QED) is 0.566. The summed E-state index contributed by atoms with van der Waals surface area (Å²) in [6, 6.07) is 18.6. The number of halogens is 1. The third-order valence-electron chi connectivity index (χ3n) is 4.26. The van der Waals surface area contributed by atoms with Gasteiger partial charge < -0.3 is 4.98 Å². The molecule has 0 saturated heterocycles. The van der Waals surface area contributed by atoms with E-state index in [1.807, 2.05) is 48.7 Å². The Morgan fingerprint density at radius 1 is 0.846 bits per heavy atom. The van der Waals surface area contributed by atoms with Gasteiger partial charge in [0.25, 0.3) is 0 Å². The van der Waals surface area contributed by atoms with E-state index in [9.17, 15) is 4.39 Å². The smallest absolute Gasteiger partial charge is 0.123 e. The van der Waals surface area contributed by atoms with Gasteiger partial charge in [0.1, 0.15) is 11.6 Å². The molecule has 2 aromatic carbocycles. The normalized spacial score (nSPS) is 11.3. The Hall–Kier alpha value is -3.05. The van der Waals surface area contributed by atoms with E-state index < -0.39 is 0 Å². The SMILES string of the molecule is Fc1ccc(CN(Cc2cccnc2)Cc2nc3ccccc3[nH]2)cc1. The number of nitrogens with one attached hydrogen (secondary N) is 1. The zero-order valence-corrected chi connectivity index (χ0v) is 14.3. The molecule has 0 aliphatic heterocycles. The lowest BCUT2D eigenvalue weighted by atomic mass is 10.2. The maximum absolute atomic E-state index is 13.2. The first kappa shape index (κ1) is 16.4. The third-order valence-corrected chi connectivity index (χ3v) is 4.26. The molecule has 0 radical (unpaired) electrons. The average molecular weight is 346 g/mol. The molecule has 0 unspecified atom stereocenters. The molecule has 0 aliphatic rings. The number of aromatic nitrogens is 3. The van der Waals surface area contributed by atoms with Crippen molar-refractivity contribution in [3.8, 4) is 0 Å². The van der Waals surface area contributed by atoms with Crippen LogP contribution in [-0.4, -0.2) is 19.9 Å². The fourth-order valence-electron chi connectivity index (χ4n) is 3.06. The lowest BCUT2D eigenvalue weighted by molar-refractivity contribution is 0.242. The summed E-state index contributed by atoms with van der Waals surface area (Å²) in [6.45, 7) is 2.11. The van der Waals surface area contributed by atoms with Gasteiger partial charge in [-0.25, -0.2) is 9.37 Å². The Labute approximate surface area is 151 Å². The van der Waals surface area contributed by atoms with Crippen molar-refractivity contribution in [1.82, 2.24) is 19.9 Å². The molecule has 4 rings (SSSR count). The number of para-hydroxylation sites is 2. The number of rotatable bonds is 6. The highest BCUT2D eigenvalue weighted by atomic mass is 19.1. The molecule has 0 amide bonds. The summed E-state index contributed by atoms with van der Waals surface area (Å²) in [7, 11) is 0. The van der Waals surface area contributed by atoms with Crippen molar-refractivity contribution in [2.75, 3.05) is 0 Å². The Morgan fingerprint density at radius 3 is 2.42 bits per heavy atom. The van der Waals surface area contributed by atoms with E-state index in [-0.39, 0.29) is 5.82 Å². The molecule has 0 fully saturated rings. The minimum Gasteiger partial charge on any atom is -0.341 e. The van der Waals surface area contributed by atoms with Gasteiger partial charge in [-0.2, -0.15) is 0 Å². The molecule has 2 aromatic heterocycles. The Bertz CT molecular complexity index is 947. The second kappa shape index (κ2) is 7.45. The largest absolute Gasteiger partial charge is 0.341 e. The number of fused-ring (bicyclic) bond motifs is 1. The van der Waals surface area contributed by atoms with E-state index in [4.69, 9.17) is 0 Å². The summed E-state index contributed by atoms with van der Waals surface area (Å²) in [6.07, 6.45) is 3.64. The van der Waals surface area contributed by atoms with Crippen LogP contribution in [-0.2, 0) is 19.6 Å². The maximum Gasteiger partial charge on any atom is 0.123 e. The molecular weight excluding hydrogens is 327 g/mol. The van der Waals surface area contributed by atoms with Crippen molar-refractivity contribution in [3.05, 3.63) is 95.8 Å². The monoisotopic (exact) mass is 346 g/mol. The van der Waals surface area contributed by atoms with Crippen molar-refractivity contribution in [2.45, 2.75) is 19.6 Å². The summed E-state index contributed by atoms with van der Waals surface area (Å²) in [5.74, 6) is 0.696. The van der Waals surface area contributed by atoms with Gasteiger partial charge in [-0.05, 0) is 41.5 Å². The maximum atomic E-state index is 13.2. The number of pyridine rings is 1. The molecule has 5 heteroatoms. The highest BCUT2D eigenvalue weighted by molar-refractivity contribution is 5.74. The predicted octanol–water partition coefficient (Wildman–Crippen LogP) is 4.30. The van der Waals surface area contributed by atoms with Crippen LogP contribution in [0.1, 0.15) is 17.0 Å². The molecule has 0 spiro atoms. The van der Waals surface area contributed by atoms with Gasteiger partial charge in [0.2, 0.25) is 0 Å². The minimum atomic E-state index is -0.218. The summed E-state index contributed by atoms with van der Waals surface area (Å²) >= 11 is 0. The first-order chi connectivity index (χ1) is 12.8. The number of hydrogen-bond donors (Lipinski definition) is 1. The standard InChI is InChI=1S/C21H19FN4/c22-18-9-7-16(8-10-18)13-26(14-17-4-3-11-23-12-17)15-21-24-19-5-1-2-6-20(19)25-21/h1-12H,13-15H2,(H,24,25). The molecule has 0 saturated carbocycles. The summed E-state index contributed by atoms with van der Waals surface area (Å²) in [4.78, 5) is 14.5. The van der Waals surface area contributed by atoms with Gasteiger partial charge in [-0.3, -0.25) is 9.88 Å². The van der Waals surface area contributed by atoms with E-state index >= 15 is 0 Å². The summed E-state index contributed by atoms with van der Waals surface area (Å²) < 4.78 is 13.2. The van der Waals surface area contributed by atoms with Gasteiger partial charge in [-0.1, -0.05) is 30.3 Å². The molecule has 26 heavy (non-hydrogen) atoms. The van der Waals surface area contributed by atoms with Crippen LogP contribution in [0.2, 0.25) is 0 Å². The Morgan fingerprint density at radius 2 is 1.65 bits per heavy atom. The molecule has 0 bridgehead atoms. The van der Waals surface area contributed by atoms with Crippen molar-refractivity contribution in [3.63, 3.8) is 0 Å². The predicted molar refractivity (Wildman–Crippen MR) is 99.7 cm³/mol. The molecule has 4 aromatic rings. The van der Waals surface area contributed by atoms with Crippen LogP contribution in [0.15, 0.2) is 73.1 Å². The van der Waals surface area contributed by atoms with Gasteiger partial charge in [0.15, 0.2) is 0 Å². The lowest BCUT2D eigenvalue weighted by Crippen LogP contribution is -2.23. The van der Waals surface area contributed by atoms with Crippen molar-refractivity contribution in [1.29, 1.82) is 0 Å². The topological polar surface area (TPSA) is 44.8 Å². The molecule has 4 nitrogen and oxygen atoms in total. The summed E-state index contributed by atoms with van der Waals surface area (Å²) in [5.41, 5.74) is 4.19. The Kier molecular flexibility index (Phi) is 4.71. The van der Waals surface area contributed by atoms with E-state index in [2.05, 4.69) is 25.9 Å². The Balaban J connectivity index is 1.57. The molecule has 1 N–H and O–H groups in total. The number of benzene rings is 2. The molecule has 0 atom stereocenters. The molecule has 130 valence electrons. The van der Waals surface area contributed by atoms with Crippen LogP contribution in [0.5, 0.6) is 0 Å². The van der Waals surface area contributed by atoms with Crippen LogP contribution in [0.25, 0.3) is 11.0 Å². The second-order valence-electron chi connectivity index (χ2n) is 6.33. The first-order valence-electron chi connectivity index (χ1n) is 8.55. The van der Waals surface area contributed by atoms with Gasteiger partial charge in [0, 0.05) is 25.5 Å². The van der Waals surface area contributed by atoms with Crippen LogP contribution >= 0.6 is 0 Å². The fraction of sp³-hybridized carbons (Fsp3) is 0.143. The number of nitrogens with zero attached hydrogens (tertiary/aromatic N) is 3. The number of aromatic amines is 1. The van der Waals surface area contributed by atoms with Crippen molar-refractivity contribution >= 4 is 11.0 Å². The third kappa shape index (κ3) is 3.95. The first-order valence-corrected chi connectivity index (χ1v) is 8.55. The number of hydrogen-bond acceptors (Lipinski definition) is 3. The van der Waals surface area contributed by atoms with E-state index in [0.29, 0.717) is 13.1 Å². The van der Waals surface area contributed by atoms with Gasteiger partial charge in [0.05, 0.1) is 17.6 Å². The van der Waals surface area contributed by atoms with Crippen LogP contribution < -0.4 is 0 Å². The van der Waals surface area contributed by atoms with Crippen LogP contribution in [0.4, 0.5) is 4.39 Å². The van der Waals surface area contributed by atoms with Gasteiger partial charge >= 0.3 is 0 Å². The summed E-state index contributed by atoms with van der Waals surface area (Å²) in [5, 5.41) is 0. The highest BCUT2D eigenvalue weighted by Crippen LogP contribution is 2.16. The van der Waals surface area contributed by atoms with Crippen molar-refractivity contribution < 1.29 is 4.39 Å². The highest BCUT2D eigenvalue weighted by Gasteiger charge is 2.11. The van der Waals surface area contributed by atoms with Gasteiger partial charge in [-0.15, -0.1) is 0 Å². The second-order valence-corrected chi connectivity index (χ2v) is 6.33. The zero-order chi connectivity index (χ0) is 17.8. The van der Waals surface area contributed by atoms with E-state index in [1.54, 1.807) is 6.20 Å². The zero-order valence-electron chi connectivity index (χ0n) is 14.3. The van der Waals surface area contributed by atoms with E-state index in [0.717, 1.165) is 34.5 Å². The van der Waals surface area contributed by atoms with Crippen LogP contribution in [0.3, 0.4) is 0 Å². The molecule has 2 heterocycles. The minimum absolute atomic E-state index is 0.218. The number of H-pyrrole nitrogens is 1. The fourth-order valence-corrected chi connectivity index (χ4v) is 3.06. The van der Waals surface area contributed by atoms with Crippen molar-refractivity contribution in [2.24, 2.45) is 0 Å². The van der Waals surface area contributed by atoms with Crippen LogP contribution in [0, 0.1) is 5.82 Å². The molecular formula is C21H19FN4.